The molecule has 3 aromatic rings. The van der Waals surface area contributed by atoms with Gasteiger partial charge < -0.3 is 14.4 Å². The van der Waals surface area contributed by atoms with E-state index in [4.69, 9.17) is 14.5 Å². The normalized spacial score (nSPS) is 21.5. The Balaban J connectivity index is 1.22. The maximum Gasteiger partial charge on any atom is 0.409 e. The molecule has 37 heavy (non-hydrogen) atoms. The molecule has 1 atom stereocenters. The van der Waals surface area contributed by atoms with Crippen LogP contribution in [0.4, 0.5) is 4.79 Å². The fourth-order valence-corrected chi connectivity index (χ4v) is 5.32. The summed E-state index contributed by atoms with van der Waals surface area (Å²) in [4.78, 5) is 33.6. The number of benzene rings is 2. The largest absolute Gasteiger partial charge is 0.453 e. The standard InChI is InChI=1S/C28H29N5O4/c1-31-17-24(13-29-31)22-5-3-20(4-6-22)21-7-9-23(10-8-21)25-30-28(11-12-37-18-28)26(34)33(25)16-19-14-32(15-19)27(35)36-2/h3-10,13,17,19H,11-12,14-16,18H2,1-2H3. The van der Waals surface area contributed by atoms with Gasteiger partial charge in [0, 0.05) is 63.0 Å². The van der Waals surface area contributed by atoms with Gasteiger partial charge in [-0.25, -0.2) is 9.79 Å². The molecule has 1 unspecified atom stereocenters. The van der Waals surface area contributed by atoms with Crippen LogP contribution in [0.2, 0.25) is 0 Å². The zero-order valence-corrected chi connectivity index (χ0v) is 21.0. The monoisotopic (exact) mass is 499 g/mol. The first kappa shape index (κ1) is 23.4. The first-order valence-electron chi connectivity index (χ1n) is 12.5. The Hall–Kier alpha value is -3.98. The number of hydrogen-bond donors (Lipinski definition) is 0. The van der Waals surface area contributed by atoms with E-state index in [1.807, 2.05) is 31.6 Å². The molecule has 1 aromatic heterocycles. The van der Waals surface area contributed by atoms with E-state index in [0.717, 1.165) is 27.8 Å². The summed E-state index contributed by atoms with van der Waals surface area (Å²) in [5.74, 6) is 0.861. The number of amidine groups is 1. The van der Waals surface area contributed by atoms with E-state index in [-0.39, 0.29) is 17.9 Å². The van der Waals surface area contributed by atoms with Crippen molar-refractivity contribution in [1.82, 2.24) is 19.6 Å². The predicted molar refractivity (Wildman–Crippen MR) is 138 cm³/mol. The molecule has 3 aliphatic heterocycles. The molecule has 0 saturated carbocycles. The molecule has 1 spiro atoms. The minimum atomic E-state index is -0.831. The van der Waals surface area contributed by atoms with Gasteiger partial charge in [0.15, 0.2) is 5.54 Å². The van der Waals surface area contributed by atoms with Crippen LogP contribution in [0.5, 0.6) is 0 Å². The van der Waals surface area contributed by atoms with Gasteiger partial charge in [0.2, 0.25) is 0 Å². The van der Waals surface area contributed by atoms with Crippen molar-refractivity contribution in [3.63, 3.8) is 0 Å². The topological polar surface area (TPSA) is 89.3 Å². The molecule has 0 bridgehead atoms. The van der Waals surface area contributed by atoms with E-state index < -0.39 is 5.54 Å². The van der Waals surface area contributed by atoms with Crippen LogP contribution in [0.1, 0.15) is 12.0 Å². The zero-order chi connectivity index (χ0) is 25.6. The molecule has 9 nitrogen and oxygen atoms in total. The molecule has 9 heteroatoms. The number of aromatic nitrogens is 2. The number of methoxy groups -OCH3 is 1. The highest BCUT2D eigenvalue weighted by Gasteiger charge is 2.52. The summed E-state index contributed by atoms with van der Waals surface area (Å²) < 4.78 is 12.2. The van der Waals surface area contributed by atoms with Gasteiger partial charge in [0.25, 0.3) is 5.91 Å². The molecule has 2 aromatic carbocycles. The van der Waals surface area contributed by atoms with Gasteiger partial charge >= 0.3 is 6.09 Å². The van der Waals surface area contributed by atoms with E-state index in [1.54, 1.807) is 14.5 Å². The van der Waals surface area contributed by atoms with Crippen LogP contribution >= 0.6 is 0 Å². The van der Waals surface area contributed by atoms with Crippen molar-refractivity contribution < 1.29 is 19.1 Å². The van der Waals surface area contributed by atoms with Crippen LogP contribution in [0, 0.1) is 5.92 Å². The van der Waals surface area contributed by atoms with Crippen molar-refractivity contribution in [1.29, 1.82) is 0 Å². The summed E-state index contributed by atoms with van der Waals surface area (Å²) in [6.45, 7) is 2.50. The molecule has 2 fully saturated rings. The Kier molecular flexibility index (Phi) is 5.79. The Morgan fingerprint density at radius 2 is 1.65 bits per heavy atom. The second kappa shape index (κ2) is 9.15. The van der Waals surface area contributed by atoms with Crippen LogP contribution in [0.3, 0.4) is 0 Å². The second-order valence-corrected chi connectivity index (χ2v) is 9.98. The molecule has 2 saturated heterocycles. The van der Waals surface area contributed by atoms with Gasteiger partial charge in [-0.3, -0.25) is 14.4 Å². The lowest BCUT2D eigenvalue weighted by atomic mass is 9.96. The molecule has 4 heterocycles. The first-order chi connectivity index (χ1) is 18.0. The molecule has 0 radical (unpaired) electrons. The third kappa shape index (κ3) is 4.19. The van der Waals surface area contributed by atoms with E-state index in [1.165, 1.54) is 7.11 Å². The number of amides is 2. The highest BCUT2D eigenvalue weighted by molar-refractivity contribution is 6.15. The summed E-state index contributed by atoms with van der Waals surface area (Å²) in [5, 5.41) is 4.25. The molecule has 190 valence electrons. The lowest BCUT2D eigenvalue weighted by Gasteiger charge is -2.40. The van der Waals surface area contributed by atoms with Crippen molar-refractivity contribution in [3.8, 4) is 22.3 Å². The highest BCUT2D eigenvalue weighted by Crippen LogP contribution is 2.35. The van der Waals surface area contributed by atoms with Gasteiger partial charge in [0.1, 0.15) is 5.84 Å². The number of carbonyl (C=O) groups excluding carboxylic acids is 2. The SMILES string of the molecule is COC(=O)N1CC(CN2C(=O)C3(CCOC3)N=C2c2ccc(-c3ccc(-c4cnn(C)c4)cc3)cc2)C1. The van der Waals surface area contributed by atoms with Crippen molar-refractivity contribution in [2.24, 2.45) is 18.0 Å². The fourth-order valence-electron chi connectivity index (χ4n) is 5.32. The first-order valence-corrected chi connectivity index (χ1v) is 12.5. The van der Waals surface area contributed by atoms with Crippen LogP contribution < -0.4 is 0 Å². The summed E-state index contributed by atoms with van der Waals surface area (Å²) in [7, 11) is 3.29. The quantitative estimate of drug-likeness (QED) is 0.538. The lowest BCUT2D eigenvalue weighted by molar-refractivity contribution is -0.132. The van der Waals surface area contributed by atoms with Crippen LogP contribution in [0.15, 0.2) is 65.9 Å². The average molecular weight is 500 g/mol. The number of likely N-dealkylation sites (tertiary alicyclic amines) is 1. The third-order valence-electron chi connectivity index (χ3n) is 7.45. The smallest absolute Gasteiger partial charge is 0.409 e. The summed E-state index contributed by atoms with van der Waals surface area (Å²) in [6.07, 6.45) is 4.12. The molecular formula is C28H29N5O4. The maximum absolute atomic E-state index is 13.5. The van der Waals surface area contributed by atoms with E-state index >= 15 is 0 Å². The number of nitrogens with zero attached hydrogens (tertiary/aromatic N) is 5. The minimum Gasteiger partial charge on any atom is -0.453 e. The van der Waals surface area contributed by atoms with Crippen LogP contribution in [-0.4, -0.2) is 82.9 Å². The molecule has 0 aliphatic carbocycles. The maximum atomic E-state index is 13.5. The van der Waals surface area contributed by atoms with Crippen LogP contribution in [-0.2, 0) is 21.3 Å². The van der Waals surface area contributed by atoms with Crippen molar-refractivity contribution in [2.75, 3.05) is 40.0 Å². The average Bonchev–Trinajstić information content (AvgIpc) is 3.62. The van der Waals surface area contributed by atoms with E-state index in [9.17, 15) is 9.59 Å². The molecular weight excluding hydrogens is 470 g/mol. The fraction of sp³-hybridized carbons (Fsp3) is 0.357. The Morgan fingerprint density at radius 3 is 2.19 bits per heavy atom. The Bertz CT molecular complexity index is 1350. The van der Waals surface area contributed by atoms with E-state index in [2.05, 4.69) is 41.5 Å². The highest BCUT2D eigenvalue weighted by atomic mass is 16.5. The molecule has 6 rings (SSSR count). The van der Waals surface area contributed by atoms with Crippen molar-refractivity contribution in [3.05, 3.63) is 66.5 Å². The van der Waals surface area contributed by atoms with Gasteiger partial charge in [-0.15, -0.1) is 0 Å². The minimum absolute atomic E-state index is 0.00779. The van der Waals surface area contributed by atoms with Gasteiger partial charge in [-0.2, -0.15) is 5.10 Å². The van der Waals surface area contributed by atoms with Crippen molar-refractivity contribution in [2.45, 2.75) is 12.0 Å². The van der Waals surface area contributed by atoms with Crippen molar-refractivity contribution >= 4 is 17.8 Å². The van der Waals surface area contributed by atoms with Gasteiger partial charge in [-0.05, 0) is 16.7 Å². The molecule has 0 N–H and O–H groups in total. The Labute approximate surface area is 215 Å². The number of aryl methyl sites for hydroxylation is 1. The Morgan fingerprint density at radius 1 is 1.03 bits per heavy atom. The predicted octanol–water partition coefficient (Wildman–Crippen LogP) is 3.20. The summed E-state index contributed by atoms with van der Waals surface area (Å²) >= 11 is 0. The van der Waals surface area contributed by atoms with E-state index in [0.29, 0.717) is 45.1 Å². The number of rotatable bonds is 5. The second-order valence-electron chi connectivity index (χ2n) is 9.98. The number of hydrogen-bond acceptors (Lipinski definition) is 6. The zero-order valence-electron chi connectivity index (χ0n) is 21.0. The van der Waals surface area contributed by atoms with Gasteiger partial charge in [0.05, 0.1) is 19.9 Å². The molecule has 3 aliphatic rings. The number of aliphatic imine (C=N–C) groups is 1. The molecule has 2 amide bonds. The van der Waals surface area contributed by atoms with Crippen LogP contribution in [0.25, 0.3) is 22.3 Å². The number of ether oxygens (including phenoxy) is 2. The third-order valence-corrected chi connectivity index (χ3v) is 7.45. The lowest BCUT2D eigenvalue weighted by Crippen LogP contribution is -2.55. The number of carbonyl (C=O) groups is 2. The van der Waals surface area contributed by atoms with Gasteiger partial charge in [-0.1, -0.05) is 48.5 Å². The summed E-state index contributed by atoms with van der Waals surface area (Å²) in [6, 6.07) is 16.6. The summed E-state index contributed by atoms with van der Waals surface area (Å²) in [5.41, 5.74) is 4.47.